The number of H-pyrrole nitrogens is 1. The van der Waals surface area contributed by atoms with Crippen molar-refractivity contribution in [3.63, 3.8) is 0 Å². The van der Waals surface area contributed by atoms with Gasteiger partial charge in [0, 0.05) is 37.8 Å². The van der Waals surface area contributed by atoms with Gasteiger partial charge in [0.2, 0.25) is 0 Å². The van der Waals surface area contributed by atoms with Crippen molar-refractivity contribution >= 4 is 11.8 Å². The average Bonchev–Trinajstić information content (AvgIpc) is 2.63. The predicted molar refractivity (Wildman–Crippen MR) is 87.8 cm³/mol. The molecule has 1 aromatic carbocycles. The fourth-order valence-electron chi connectivity index (χ4n) is 2.70. The number of aromatic nitrogens is 2. The molecule has 1 N–H and O–H groups in total. The Kier molecular flexibility index (Phi) is 4.60. The molecule has 0 atom stereocenters. The number of halogens is 1. The van der Waals surface area contributed by atoms with Crippen LogP contribution in [-0.2, 0) is 0 Å². The van der Waals surface area contributed by atoms with Crippen LogP contribution in [-0.4, -0.2) is 58.0 Å². The highest BCUT2D eigenvalue weighted by Crippen LogP contribution is 2.14. The molecule has 1 aliphatic rings. The smallest absolute Gasteiger partial charge is 0.274 e. The predicted octanol–water partition coefficient (Wildman–Crippen LogP) is 0.816. The first kappa shape index (κ1) is 16.8. The van der Waals surface area contributed by atoms with Crippen LogP contribution in [0.3, 0.4) is 0 Å². The first-order chi connectivity index (χ1) is 12.0. The molecular weight excluding hydrogens is 327 g/mol. The fourth-order valence-corrected chi connectivity index (χ4v) is 2.70. The van der Waals surface area contributed by atoms with Gasteiger partial charge >= 0.3 is 0 Å². The summed E-state index contributed by atoms with van der Waals surface area (Å²) in [5.41, 5.74) is 0.639. The summed E-state index contributed by atoms with van der Waals surface area (Å²) >= 11 is 0. The third-order valence-electron chi connectivity index (χ3n) is 4.16. The van der Waals surface area contributed by atoms with Crippen LogP contribution in [0.2, 0.25) is 0 Å². The van der Waals surface area contributed by atoms with Crippen LogP contribution < -0.4 is 5.56 Å². The molecule has 0 bridgehead atoms. The summed E-state index contributed by atoms with van der Waals surface area (Å²) in [4.78, 5) is 39.1. The van der Waals surface area contributed by atoms with E-state index >= 15 is 0 Å². The normalized spacial score (nSPS) is 14.5. The molecule has 2 heterocycles. The molecule has 2 aromatic rings. The second kappa shape index (κ2) is 6.84. The van der Waals surface area contributed by atoms with Crippen LogP contribution in [0.15, 0.2) is 35.1 Å². The zero-order valence-electron chi connectivity index (χ0n) is 13.7. The molecule has 25 heavy (non-hydrogen) atoms. The summed E-state index contributed by atoms with van der Waals surface area (Å²) in [7, 11) is 0. The summed E-state index contributed by atoms with van der Waals surface area (Å²) in [5.74, 6) is -0.821. The molecule has 130 valence electrons. The van der Waals surface area contributed by atoms with E-state index in [-0.39, 0.29) is 28.9 Å². The molecule has 2 amide bonds. The monoisotopic (exact) mass is 344 g/mol. The van der Waals surface area contributed by atoms with E-state index in [0.717, 1.165) is 0 Å². The van der Waals surface area contributed by atoms with Crippen LogP contribution >= 0.6 is 0 Å². The van der Waals surface area contributed by atoms with E-state index in [4.69, 9.17) is 0 Å². The van der Waals surface area contributed by atoms with Gasteiger partial charge in [-0.3, -0.25) is 14.4 Å². The Balaban J connectivity index is 1.64. The first-order valence-electron chi connectivity index (χ1n) is 7.86. The molecule has 1 saturated heterocycles. The average molecular weight is 344 g/mol. The Morgan fingerprint density at radius 2 is 1.68 bits per heavy atom. The summed E-state index contributed by atoms with van der Waals surface area (Å²) in [6.07, 6.45) is 0. The molecular formula is C17H17FN4O3. The van der Waals surface area contributed by atoms with E-state index in [1.165, 1.54) is 30.3 Å². The van der Waals surface area contributed by atoms with Crippen molar-refractivity contribution in [3.05, 3.63) is 63.3 Å². The minimum Gasteiger partial charge on any atom is -0.335 e. The number of piperazine rings is 1. The van der Waals surface area contributed by atoms with Crippen molar-refractivity contribution in [1.29, 1.82) is 0 Å². The first-order valence-corrected chi connectivity index (χ1v) is 7.86. The van der Waals surface area contributed by atoms with Gasteiger partial charge in [-0.2, -0.15) is 5.10 Å². The summed E-state index contributed by atoms with van der Waals surface area (Å²) in [6.45, 7) is 3.10. The van der Waals surface area contributed by atoms with Crippen molar-refractivity contribution in [3.8, 4) is 0 Å². The zero-order chi connectivity index (χ0) is 18.0. The Bertz CT molecular complexity index is 852. The number of nitrogens with zero attached hydrogens (tertiary/aromatic N) is 3. The van der Waals surface area contributed by atoms with Crippen LogP contribution in [0.4, 0.5) is 4.39 Å². The number of hydrogen-bond acceptors (Lipinski definition) is 4. The van der Waals surface area contributed by atoms with Gasteiger partial charge < -0.3 is 9.80 Å². The topological polar surface area (TPSA) is 86.4 Å². The number of rotatable bonds is 2. The van der Waals surface area contributed by atoms with Crippen molar-refractivity contribution in [2.75, 3.05) is 26.2 Å². The lowest BCUT2D eigenvalue weighted by atomic mass is 10.1. The quantitative estimate of drug-likeness (QED) is 0.874. The van der Waals surface area contributed by atoms with Gasteiger partial charge in [0.1, 0.15) is 11.5 Å². The molecule has 7 nitrogen and oxygen atoms in total. The van der Waals surface area contributed by atoms with Gasteiger partial charge in [0.25, 0.3) is 17.4 Å². The van der Waals surface area contributed by atoms with Gasteiger partial charge in [0.05, 0.1) is 0 Å². The number of aryl methyl sites for hydroxylation is 1. The van der Waals surface area contributed by atoms with Crippen LogP contribution in [0.5, 0.6) is 0 Å². The maximum atomic E-state index is 13.3. The molecule has 3 rings (SSSR count). The standard InChI is InChI=1S/C17H17FN4O3/c1-11-10-12(2-3-13(11)18)16(24)21-6-8-22(9-7-21)17(25)14-4-5-15(23)20-19-14/h2-5,10H,6-9H2,1H3,(H,20,23). The Morgan fingerprint density at radius 1 is 1.04 bits per heavy atom. The minimum absolute atomic E-state index is 0.161. The Morgan fingerprint density at radius 3 is 2.24 bits per heavy atom. The maximum Gasteiger partial charge on any atom is 0.274 e. The number of carbonyl (C=O) groups excluding carboxylic acids is 2. The van der Waals surface area contributed by atoms with Gasteiger partial charge in [-0.1, -0.05) is 0 Å². The second-order valence-corrected chi connectivity index (χ2v) is 5.85. The molecule has 1 aromatic heterocycles. The minimum atomic E-state index is -0.374. The molecule has 0 aliphatic carbocycles. The number of hydrogen-bond donors (Lipinski definition) is 1. The Hall–Kier alpha value is -3.03. The number of carbonyl (C=O) groups is 2. The lowest BCUT2D eigenvalue weighted by molar-refractivity contribution is 0.0531. The molecule has 1 fully saturated rings. The third kappa shape index (κ3) is 3.57. The van der Waals surface area contributed by atoms with Crippen molar-refractivity contribution in [2.24, 2.45) is 0 Å². The fraction of sp³-hybridized carbons (Fsp3) is 0.294. The van der Waals surface area contributed by atoms with E-state index in [1.54, 1.807) is 16.7 Å². The van der Waals surface area contributed by atoms with E-state index < -0.39 is 0 Å². The van der Waals surface area contributed by atoms with Crippen LogP contribution in [0.25, 0.3) is 0 Å². The van der Waals surface area contributed by atoms with Gasteiger partial charge in [-0.05, 0) is 36.8 Å². The van der Waals surface area contributed by atoms with Crippen molar-refractivity contribution < 1.29 is 14.0 Å². The maximum absolute atomic E-state index is 13.3. The van der Waals surface area contributed by atoms with Gasteiger partial charge in [0.15, 0.2) is 0 Å². The summed E-state index contributed by atoms with van der Waals surface area (Å²) in [5, 5.41) is 5.96. The third-order valence-corrected chi connectivity index (χ3v) is 4.16. The number of aromatic amines is 1. The van der Waals surface area contributed by atoms with E-state index in [1.807, 2.05) is 0 Å². The van der Waals surface area contributed by atoms with Crippen LogP contribution in [0, 0.1) is 12.7 Å². The van der Waals surface area contributed by atoms with Gasteiger partial charge in [-0.25, -0.2) is 9.49 Å². The highest BCUT2D eigenvalue weighted by molar-refractivity contribution is 5.95. The summed E-state index contributed by atoms with van der Waals surface area (Å²) < 4.78 is 13.3. The van der Waals surface area contributed by atoms with E-state index in [0.29, 0.717) is 37.3 Å². The van der Waals surface area contributed by atoms with Crippen LogP contribution in [0.1, 0.15) is 26.4 Å². The molecule has 0 saturated carbocycles. The highest BCUT2D eigenvalue weighted by atomic mass is 19.1. The van der Waals surface area contributed by atoms with Crippen molar-refractivity contribution in [1.82, 2.24) is 20.0 Å². The molecule has 0 unspecified atom stereocenters. The van der Waals surface area contributed by atoms with E-state index in [2.05, 4.69) is 10.2 Å². The van der Waals surface area contributed by atoms with Gasteiger partial charge in [-0.15, -0.1) is 0 Å². The number of benzene rings is 1. The zero-order valence-corrected chi connectivity index (χ0v) is 13.7. The SMILES string of the molecule is Cc1cc(C(=O)N2CCN(C(=O)c3ccc(=O)[nH]n3)CC2)ccc1F. The largest absolute Gasteiger partial charge is 0.335 e. The lowest BCUT2D eigenvalue weighted by Crippen LogP contribution is -2.50. The Labute approximate surface area is 143 Å². The van der Waals surface area contributed by atoms with Crippen molar-refractivity contribution in [2.45, 2.75) is 6.92 Å². The molecule has 1 aliphatic heterocycles. The number of nitrogens with one attached hydrogen (secondary N) is 1. The molecule has 0 spiro atoms. The molecule has 0 radical (unpaired) electrons. The molecule has 8 heteroatoms. The second-order valence-electron chi connectivity index (χ2n) is 5.85. The summed E-state index contributed by atoms with van der Waals surface area (Å²) in [6, 6.07) is 6.90. The lowest BCUT2D eigenvalue weighted by Gasteiger charge is -2.34. The highest BCUT2D eigenvalue weighted by Gasteiger charge is 2.26. The number of amides is 2. The van der Waals surface area contributed by atoms with E-state index in [9.17, 15) is 18.8 Å².